The van der Waals surface area contributed by atoms with E-state index in [2.05, 4.69) is 27.0 Å². The Morgan fingerprint density at radius 2 is 2.09 bits per heavy atom. The van der Waals surface area contributed by atoms with Crippen molar-refractivity contribution in [2.45, 2.75) is 50.8 Å². The fraction of sp³-hybridized carbons (Fsp3) is 0.478. The zero-order valence-electron chi connectivity index (χ0n) is 19.9. The molecule has 0 saturated carbocycles. The van der Waals surface area contributed by atoms with Gasteiger partial charge in [-0.3, -0.25) is 4.68 Å². The van der Waals surface area contributed by atoms with Crippen molar-refractivity contribution in [1.82, 2.24) is 29.4 Å². The van der Waals surface area contributed by atoms with Crippen molar-refractivity contribution in [3.8, 4) is 5.75 Å². The molecule has 35 heavy (non-hydrogen) atoms. The largest absolute Gasteiger partial charge is 0.494 e. The number of aliphatic hydroxyl groups is 2. The highest BCUT2D eigenvalue weighted by molar-refractivity contribution is 5.93. The molecule has 1 saturated heterocycles. The molecule has 1 fully saturated rings. The topological polar surface area (TPSA) is 140 Å². The minimum Gasteiger partial charge on any atom is -0.494 e. The van der Waals surface area contributed by atoms with Crippen LogP contribution in [0.1, 0.15) is 38.4 Å². The third kappa shape index (κ3) is 4.23. The number of anilines is 2. The Kier molecular flexibility index (Phi) is 5.72. The number of methoxy groups -OCH3 is 1. The highest BCUT2D eigenvalue weighted by Crippen LogP contribution is 2.34. The predicted octanol–water partition coefficient (Wildman–Crippen LogP) is 1.72. The number of nitrogens with two attached hydrogens (primary N) is 1. The summed E-state index contributed by atoms with van der Waals surface area (Å²) >= 11 is 0. The van der Waals surface area contributed by atoms with Crippen LogP contribution in [0, 0.1) is 5.82 Å². The lowest BCUT2D eigenvalue weighted by Gasteiger charge is -2.37. The molecule has 12 heteroatoms. The van der Waals surface area contributed by atoms with Gasteiger partial charge < -0.3 is 25.6 Å². The molecule has 0 bridgehead atoms. The smallest absolute Gasteiger partial charge is 0.223 e. The van der Waals surface area contributed by atoms with Crippen molar-refractivity contribution < 1.29 is 19.3 Å². The van der Waals surface area contributed by atoms with Gasteiger partial charge in [0, 0.05) is 36.2 Å². The number of ether oxygens (including phenoxy) is 1. The first-order chi connectivity index (χ1) is 16.7. The average molecular weight is 485 g/mol. The molecule has 0 radical (unpaired) electrons. The summed E-state index contributed by atoms with van der Waals surface area (Å²) in [5.74, 6) is 0.389. The summed E-state index contributed by atoms with van der Waals surface area (Å²) in [6, 6.07) is 3.12. The molecule has 0 spiro atoms. The van der Waals surface area contributed by atoms with Crippen LogP contribution in [0.25, 0.3) is 16.6 Å². The van der Waals surface area contributed by atoms with Gasteiger partial charge in [0.1, 0.15) is 5.60 Å². The van der Waals surface area contributed by atoms with E-state index < -0.39 is 11.4 Å². The number of piperidine rings is 1. The second-order valence-corrected chi connectivity index (χ2v) is 9.51. The molecule has 0 aliphatic carbocycles. The summed E-state index contributed by atoms with van der Waals surface area (Å²) in [7, 11) is 1.40. The van der Waals surface area contributed by atoms with Gasteiger partial charge in [-0.15, -0.1) is 5.10 Å². The lowest BCUT2D eigenvalue weighted by Crippen LogP contribution is -2.41. The molecule has 186 valence electrons. The van der Waals surface area contributed by atoms with Gasteiger partial charge in [-0.25, -0.2) is 14.4 Å². The van der Waals surface area contributed by atoms with Crippen molar-refractivity contribution in [2.75, 3.05) is 30.9 Å². The van der Waals surface area contributed by atoms with E-state index in [4.69, 9.17) is 15.5 Å². The molecule has 3 atom stereocenters. The fourth-order valence-electron chi connectivity index (χ4n) is 4.64. The molecule has 4 N–H and O–H groups in total. The number of aromatic nitrogens is 6. The SMILES string of the molecule is COc1cc2nc(N)n3nc(C4CCC(C)N(c5cnn(CC(C)(O)CO)c5)C4)nc3c2cc1F. The van der Waals surface area contributed by atoms with Crippen LogP contribution in [0.4, 0.5) is 16.0 Å². The Labute approximate surface area is 200 Å². The van der Waals surface area contributed by atoms with Crippen molar-refractivity contribution in [2.24, 2.45) is 0 Å². The summed E-state index contributed by atoms with van der Waals surface area (Å²) in [5.41, 5.74) is 6.76. The monoisotopic (exact) mass is 484 g/mol. The lowest BCUT2D eigenvalue weighted by atomic mass is 9.92. The van der Waals surface area contributed by atoms with E-state index in [1.54, 1.807) is 17.8 Å². The van der Waals surface area contributed by atoms with Crippen LogP contribution in [0.2, 0.25) is 0 Å². The molecule has 1 aliphatic rings. The number of nitrogens with zero attached hydrogens (tertiary/aromatic N) is 7. The number of nitrogen functional groups attached to an aromatic ring is 1. The van der Waals surface area contributed by atoms with Crippen LogP contribution in [-0.2, 0) is 6.54 Å². The van der Waals surface area contributed by atoms with Crippen molar-refractivity contribution in [3.63, 3.8) is 0 Å². The van der Waals surface area contributed by atoms with Gasteiger partial charge in [-0.1, -0.05) is 0 Å². The Hall–Kier alpha value is -3.51. The summed E-state index contributed by atoms with van der Waals surface area (Å²) in [4.78, 5) is 11.4. The average Bonchev–Trinajstić information content (AvgIpc) is 3.47. The number of benzene rings is 1. The van der Waals surface area contributed by atoms with Crippen molar-refractivity contribution in [3.05, 3.63) is 36.2 Å². The fourth-order valence-corrected chi connectivity index (χ4v) is 4.64. The molecule has 4 heterocycles. The van der Waals surface area contributed by atoms with Crippen molar-refractivity contribution in [1.29, 1.82) is 0 Å². The van der Waals surface area contributed by atoms with Crippen molar-refractivity contribution >= 4 is 28.2 Å². The van der Waals surface area contributed by atoms with E-state index >= 15 is 0 Å². The van der Waals surface area contributed by atoms with Crippen LogP contribution >= 0.6 is 0 Å². The summed E-state index contributed by atoms with van der Waals surface area (Å²) < 4.78 is 22.6. The Morgan fingerprint density at radius 3 is 2.83 bits per heavy atom. The Morgan fingerprint density at radius 1 is 1.29 bits per heavy atom. The number of hydrogen-bond acceptors (Lipinski definition) is 9. The van der Waals surface area contributed by atoms with Crippen LogP contribution < -0.4 is 15.4 Å². The van der Waals surface area contributed by atoms with E-state index in [-0.39, 0.29) is 36.8 Å². The minimum absolute atomic E-state index is 0.0209. The number of halogens is 1. The first-order valence-corrected chi connectivity index (χ1v) is 11.5. The van der Waals surface area contributed by atoms with Gasteiger partial charge in [-0.2, -0.15) is 9.61 Å². The number of aliphatic hydroxyl groups excluding tert-OH is 1. The predicted molar refractivity (Wildman–Crippen MR) is 128 cm³/mol. The van der Waals surface area contributed by atoms with Crippen LogP contribution in [0.5, 0.6) is 5.75 Å². The standard InChI is InChI=1S/C23H29FN8O3/c1-13-4-5-14(9-31(13)15-8-26-30(10-15)11-23(2,34)12-33)20-28-21-16-6-17(24)19(35-3)7-18(16)27-22(25)32(21)29-20/h6-8,10,13-14,33-34H,4-5,9,11-12H2,1-3H3,(H2,25,27). The molecular formula is C23H29FN8O3. The van der Waals surface area contributed by atoms with Gasteiger partial charge in [0.25, 0.3) is 0 Å². The second kappa shape index (κ2) is 8.61. The van der Waals surface area contributed by atoms with E-state index in [0.29, 0.717) is 28.9 Å². The maximum Gasteiger partial charge on any atom is 0.223 e. The third-order valence-electron chi connectivity index (χ3n) is 6.63. The van der Waals surface area contributed by atoms with E-state index in [9.17, 15) is 14.6 Å². The highest BCUT2D eigenvalue weighted by Gasteiger charge is 2.31. The van der Waals surface area contributed by atoms with Crippen LogP contribution in [0.3, 0.4) is 0 Å². The van der Waals surface area contributed by atoms with Gasteiger partial charge in [0.05, 0.1) is 37.7 Å². The number of rotatable bonds is 6. The van der Waals surface area contributed by atoms with Gasteiger partial charge in [0.2, 0.25) is 5.95 Å². The molecule has 3 unspecified atom stereocenters. The quantitative estimate of drug-likeness (QED) is 0.373. The highest BCUT2D eigenvalue weighted by atomic mass is 19.1. The third-order valence-corrected chi connectivity index (χ3v) is 6.63. The molecule has 4 aromatic rings. The molecule has 1 aromatic carbocycles. The van der Waals surface area contributed by atoms with Crippen LogP contribution in [-0.4, -0.2) is 71.5 Å². The molecule has 3 aromatic heterocycles. The van der Waals surface area contributed by atoms with Gasteiger partial charge in [0.15, 0.2) is 23.0 Å². The maximum atomic E-state index is 14.4. The summed E-state index contributed by atoms with van der Waals surface area (Å²) in [5, 5.41) is 29.0. The van der Waals surface area contributed by atoms with Crippen LogP contribution in [0.15, 0.2) is 24.5 Å². The number of fused-ring (bicyclic) bond motifs is 3. The first-order valence-electron chi connectivity index (χ1n) is 11.5. The molecular weight excluding hydrogens is 455 g/mol. The maximum absolute atomic E-state index is 14.4. The minimum atomic E-state index is -1.25. The van der Waals surface area contributed by atoms with E-state index in [1.807, 2.05) is 6.20 Å². The molecule has 1 aliphatic heterocycles. The van der Waals surface area contributed by atoms with E-state index in [1.165, 1.54) is 23.8 Å². The normalized spacial score (nSPS) is 20.5. The number of hydrogen-bond donors (Lipinski definition) is 3. The Bertz CT molecular complexity index is 1380. The zero-order chi connectivity index (χ0) is 24.9. The summed E-state index contributed by atoms with van der Waals surface area (Å²) in [6.45, 7) is 4.21. The zero-order valence-corrected chi connectivity index (χ0v) is 19.9. The second-order valence-electron chi connectivity index (χ2n) is 9.51. The summed E-state index contributed by atoms with van der Waals surface area (Å²) in [6.07, 6.45) is 5.43. The van der Waals surface area contributed by atoms with Gasteiger partial charge >= 0.3 is 0 Å². The molecule has 5 rings (SSSR count). The Balaban J connectivity index is 1.46. The van der Waals surface area contributed by atoms with E-state index in [0.717, 1.165) is 18.5 Å². The lowest BCUT2D eigenvalue weighted by molar-refractivity contribution is -0.0145. The molecule has 11 nitrogen and oxygen atoms in total. The molecule has 0 amide bonds. The van der Waals surface area contributed by atoms with Gasteiger partial charge in [-0.05, 0) is 32.8 Å². The first kappa shape index (κ1) is 23.2.